The number of piperidine rings is 1. The Bertz CT molecular complexity index is 1070. The molecule has 0 atom stereocenters. The summed E-state index contributed by atoms with van der Waals surface area (Å²) in [5, 5.41) is 7.52. The molecule has 1 aliphatic rings. The standard InChI is InChI=1S/C25H31N5OS/c1-18-7-6-10-23(19(18)2)30-16-13-26-25(30)32-17-24(31)28-22-9-5-4-8-21(22)27-20-11-14-29(3)15-12-20/h4-10,13,16,20,27H,11-12,14-15,17H2,1-3H3,(H,28,31). The fourth-order valence-electron chi connectivity index (χ4n) is 3.98. The van der Waals surface area contributed by atoms with E-state index in [9.17, 15) is 4.79 Å². The van der Waals surface area contributed by atoms with Crippen LogP contribution in [0.1, 0.15) is 24.0 Å². The smallest absolute Gasteiger partial charge is 0.234 e. The number of thioether (sulfide) groups is 1. The van der Waals surface area contributed by atoms with Gasteiger partial charge in [0.15, 0.2) is 5.16 Å². The number of carbonyl (C=O) groups is 1. The number of hydrogen-bond acceptors (Lipinski definition) is 5. The molecule has 0 radical (unpaired) electrons. The van der Waals surface area contributed by atoms with Crippen LogP contribution in [-0.4, -0.2) is 52.3 Å². The summed E-state index contributed by atoms with van der Waals surface area (Å²) in [6, 6.07) is 14.6. The predicted octanol–water partition coefficient (Wildman–Crippen LogP) is 4.73. The maximum atomic E-state index is 12.8. The minimum Gasteiger partial charge on any atom is -0.381 e. The molecule has 0 spiro atoms. The first kappa shape index (κ1) is 22.4. The highest BCUT2D eigenvalue weighted by Crippen LogP contribution is 2.27. The van der Waals surface area contributed by atoms with Crippen molar-refractivity contribution < 1.29 is 4.79 Å². The second-order valence-electron chi connectivity index (χ2n) is 8.40. The number of para-hydroxylation sites is 2. The number of hydrogen-bond donors (Lipinski definition) is 2. The molecule has 2 N–H and O–H groups in total. The maximum Gasteiger partial charge on any atom is 0.234 e. The number of aryl methyl sites for hydroxylation is 1. The zero-order valence-corrected chi connectivity index (χ0v) is 19.8. The number of anilines is 2. The molecule has 4 rings (SSSR count). The summed E-state index contributed by atoms with van der Waals surface area (Å²) in [5.74, 6) is 0.257. The molecular weight excluding hydrogens is 418 g/mol. The SMILES string of the molecule is Cc1cccc(-n2ccnc2SCC(=O)Nc2ccccc2NC2CCN(C)CC2)c1C. The van der Waals surface area contributed by atoms with Crippen LogP contribution in [-0.2, 0) is 4.79 Å². The third-order valence-electron chi connectivity index (χ3n) is 6.05. The summed E-state index contributed by atoms with van der Waals surface area (Å²) in [5.41, 5.74) is 5.36. The van der Waals surface area contributed by atoms with Gasteiger partial charge in [-0.25, -0.2) is 4.98 Å². The van der Waals surface area contributed by atoms with Gasteiger partial charge in [-0.15, -0.1) is 0 Å². The molecule has 32 heavy (non-hydrogen) atoms. The van der Waals surface area contributed by atoms with E-state index in [2.05, 4.69) is 58.1 Å². The number of carbonyl (C=O) groups excluding carboxylic acids is 1. The van der Waals surface area contributed by atoms with E-state index in [-0.39, 0.29) is 5.91 Å². The fourth-order valence-corrected chi connectivity index (χ4v) is 4.75. The van der Waals surface area contributed by atoms with Crippen molar-refractivity contribution >= 4 is 29.0 Å². The Kier molecular flexibility index (Phi) is 7.17. The highest BCUT2D eigenvalue weighted by atomic mass is 32.2. The van der Waals surface area contributed by atoms with Crippen LogP contribution in [0.4, 0.5) is 11.4 Å². The molecule has 1 aromatic heterocycles. The zero-order chi connectivity index (χ0) is 22.5. The summed E-state index contributed by atoms with van der Waals surface area (Å²) in [6.45, 7) is 6.40. The second-order valence-corrected chi connectivity index (χ2v) is 9.35. The molecule has 3 aromatic rings. The number of nitrogens with zero attached hydrogens (tertiary/aromatic N) is 3. The van der Waals surface area contributed by atoms with E-state index in [0.29, 0.717) is 11.8 Å². The molecule has 1 fully saturated rings. The first-order chi connectivity index (χ1) is 15.5. The van der Waals surface area contributed by atoms with E-state index in [1.165, 1.54) is 22.9 Å². The third-order valence-corrected chi connectivity index (χ3v) is 7.02. The van der Waals surface area contributed by atoms with Gasteiger partial charge in [-0.2, -0.15) is 0 Å². The Hall–Kier alpha value is -2.77. The lowest BCUT2D eigenvalue weighted by molar-refractivity contribution is -0.113. The Morgan fingerprint density at radius 3 is 2.62 bits per heavy atom. The number of rotatable bonds is 7. The predicted molar refractivity (Wildman–Crippen MR) is 133 cm³/mol. The topological polar surface area (TPSA) is 62.2 Å². The van der Waals surface area contributed by atoms with E-state index in [0.717, 1.165) is 48.1 Å². The van der Waals surface area contributed by atoms with E-state index in [4.69, 9.17) is 0 Å². The van der Waals surface area contributed by atoms with Gasteiger partial charge in [-0.05, 0) is 76.2 Å². The monoisotopic (exact) mass is 449 g/mol. The van der Waals surface area contributed by atoms with Crippen LogP contribution < -0.4 is 10.6 Å². The molecule has 0 unspecified atom stereocenters. The molecule has 7 heteroatoms. The second kappa shape index (κ2) is 10.2. The number of imidazole rings is 1. The van der Waals surface area contributed by atoms with Gasteiger partial charge in [0.2, 0.25) is 5.91 Å². The maximum absolute atomic E-state index is 12.8. The van der Waals surface area contributed by atoms with Crippen LogP contribution in [0, 0.1) is 13.8 Å². The van der Waals surface area contributed by atoms with E-state index in [1.54, 1.807) is 6.20 Å². The van der Waals surface area contributed by atoms with Gasteiger partial charge in [0.25, 0.3) is 0 Å². The Morgan fingerprint density at radius 2 is 1.84 bits per heavy atom. The molecule has 1 aliphatic heterocycles. The number of benzene rings is 2. The van der Waals surface area contributed by atoms with Gasteiger partial charge in [-0.1, -0.05) is 36.0 Å². The van der Waals surface area contributed by atoms with Crippen molar-refractivity contribution in [2.24, 2.45) is 0 Å². The van der Waals surface area contributed by atoms with Gasteiger partial charge < -0.3 is 15.5 Å². The Labute approximate surface area is 194 Å². The minimum atomic E-state index is -0.0388. The first-order valence-electron chi connectivity index (χ1n) is 11.1. The summed E-state index contributed by atoms with van der Waals surface area (Å²) < 4.78 is 2.05. The highest BCUT2D eigenvalue weighted by molar-refractivity contribution is 7.99. The van der Waals surface area contributed by atoms with Gasteiger partial charge in [-0.3, -0.25) is 9.36 Å². The molecular formula is C25H31N5OS. The zero-order valence-electron chi connectivity index (χ0n) is 19.0. The molecule has 1 amide bonds. The molecule has 2 aromatic carbocycles. The summed E-state index contributed by atoms with van der Waals surface area (Å²) in [4.78, 5) is 19.6. The number of likely N-dealkylation sites (tertiary alicyclic amines) is 1. The van der Waals surface area contributed by atoms with Gasteiger partial charge in [0.1, 0.15) is 0 Å². The quantitative estimate of drug-likeness (QED) is 0.511. The fraction of sp³-hybridized carbons (Fsp3) is 0.360. The number of nitrogens with one attached hydrogen (secondary N) is 2. The molecule has 6 nitrogen and oxygen atoms in total. The largest absolute Gasteiger partial charge is 0.381 e. The van der Waals surface area contributed by atoms with Crippen molar-refractivity contribution in [3.8, 4) is 5.69 Å². The minimum absolute atomic E-state index is 0.0388. The van der Waals surface area contributed by atoms with Crippen molar-refractivity contribution in [1.82, 2.24) is 14.5 Å². The van der Waals surface area contributed by atoms with Gasteiger partial charge in [0.05, 0.1) is 22.8 Å². The average molecular weight is 450 g/mol. The molecule has 2 heterocycles. The van der Waals surface area contributed by atoms with E-state index >= 15 is 0 Å². The van der Waals surface area contributed by atoms with Gasteiger partial charge >= 0.3 is 0 Å². The van der Waals surface area contributed by atoms with Crippen LogP contribution in [0.3, 0.4) is 0 Å². The lowest BCUT2D eigenvalue weighted by atomic mass is 10.0. The van der Waals surface area contributed by atoms with E-state index in [1.807, 2.05) is 36.5 Å². The lowest BCUT2D eigenvalue weighted by Crippen LogP contribution is -2.36. The summed E-state index contributed by atoms with van der Waals surface area (Å²) in [6.07, 6.45) is 5.94. The highest BCUT2D eigenvalue weighted by Gasteiger charge is 2.18. The summed E-state index contributed by atoms with van der Waals surface area (Å²) >= 11 is 1.45. The average Bonchev–Trinajstić information content (AvgIpc) is 3.25. The normalized spacial score (nSPS) is 15.0. The van der Waals surface area contributed by atoms with Crippen LogP contribution in [0.25, 0.3) is 5.69 Å². The lowest BCUT2D eigenvalue weighted by Gasteiger charge is -2.30. The van der Waals surface area contributed by atoms with Crippen LogP contribution >= 0.6 is 11.8 Å². The van der Waals surface area contributed by atoms with Crippen molar-refractivity contribution in [2.75, 3.05) is 36.5 Å². The molecule has 0 bridgehead atoms. The van der Waals surface area contributed by atoms with E-state index < -0.39 is 0 Å². The molecule has 168 valence electrons. The van der Waals surface area contributed by atoms with Crippen molar-refractivity contribution in [3.05, 3.63) is 66.0 Å². The van der Waals surface area contributed by atoms with Crippen molar-refractivity contribution in [1.29, 1.82) is 0 Å². The molecule has 1 saturated heterocycles. The number of amides is 1. The van der Waals surface area contributed by atoms with Crippen LogP contribution in [0.15, 0.2) is 60.0 Å². The summed E-state index contributed by atoms with van der Waals surface area (Å²) in [7, 11) is 2.16. The van der Waals surface area contributed by atoms with Gasteiger partial charge in [0, 0.05) is 18.4 Å². The molecule has 0 aliphatic carbocycles. The third kappa shape index (κ3) is 5.34. The van der Waals surface area contributed by atoms with Crippen LogP contribution in [0.5, 0.6) is 0 Å². The first-order valence-corrected chi connectivity index (χ1v) is 12.1. The number of aromatic nitrogens is 2. The van der Waals surface area contributed by atoms with Crippen molar-refractivity contribution in [2.45, 2.75) is 37.9 Å². The Balaban J connectivity index is 1.39. The van der Waals surface area contributed by atoms with Crippen LogP contribution in [0.2, 0.25) is 0 Å². The molecule has 0 saturated carbocycles. The van der Waals surface area contributed by atoms with Crippen molar-refractivity contribution in [3.63, 3.8) is 0 Å². The Morgan fingerprint density at radius 1 is 1.09 bits per heavy atom.